The van der Waals surface area contributed by atoms with Gasteiger partial charge in [0, 0.05) is 22.7 Å². The monoisotopic (exact) mass is 376 g/mol. The molecule has 7 nitrogen and oxygen atoms in total. The maximum absolute atomic E-state index is 12.5. The summed E-state index contributed by atoms with van der Waals surface area (Å²) in [6, 6.07) is 9.61. The summed E-state index contributed by atoms with van der Waals surface area (Å²) in [5, 5.41) is 20.6. The van der Waals surface area contributed by atoms with Crippen molar-refractivity contribution in [3.63, 3.8) is 0 Å². The van der Waals surface area contributed by atoms with Gasteiger partial charge in [-0.3, -0.25) is 19.7 Å². The predicted molar refractivity (Wildman–Crippen MR) is 94.7 cm³/mol. The number of hydrogen-bond acceptors (Lipinski definition) is 6. The van der Waals surface area contributed by atoms with Crippen molar-refractivity contribution in [3.8, 4) is 5.75 Å². The average Bonchev–Trinajstić information content (AvgIpc) is 2.84. The number of phenols is 1. The van der Waals surface area contributed by atoms with Gasteiger partial charge in [-0.05, 0) is 48.2 Å². The van der Waals surface area contributed by atoms with Crippen LogP contribution in [0.5, 0.6) is 5.75 Å². The van der Waals surface area contributed by atoms with E-state index in [0.29, 0.717) is 22.5 Å². The number of nitrogens with zero attached hydrogens (tertiary/aromatic N) is 2. The Labute approximate surface area is 150 Å². The molecule has 0 bridgehead atoms. The highest BCUT2D eigenvalue weighted by Crippen LogP contribution is 2.37. The number of nitro benzene ring substituents is 1. The number of aromatic hydroxyl groups is 1. The fourth-order valence-electron chi connectivity index (χ4n) is 2.19. The maximum Gasteiger partial charge on any atom is 0.298 e. The molecular formula is C16H9ClN2O5S. The van der Waals surface area contributed by atoms with E-state index in [1.54, 1.807) is 12.1 Å². The molecule has 2 aromatic carbocycles. The van der Waals surface area contributed by atoms with Crippen LogP contribution in [-0.2, 0) is 4.79 Å². The van der Waals surface area contributed by atoms with Crippen LogP contribution in [0.1, 0.15) is 5.56 Å². The molecule has 0 spiro atoms. The van der Waals surface area contributed by atoms with Gasteiger partial charge in [0.05, 0.1) is 15.5 Å². The molecule has 1 N–H and O–H groups in total. The summed E-state index contributed by atoms with van der Waals surface area (Å²) in [6.07, 6.45) is 1.25. The van der Waals surface area contributed by atoms with Crippen molar-refractivity contribution in [3.05, 3.63) is 68.1 Å². The Balaban J connectivity index is 1.97. The van der Waals surface area contributed by atoms with E-state index < -0.39 is 16.1 Å². The van der Waals surface area contributed by atoms with Gasteiger partial charge in [0.15, 0.2) is 0 Å². The van der Waals surface area contributed by atoms with E-state index in [-0.39, 0.29) is 21.9 Å². The van der Waals surface area contributed by atoms with Crippen molar-refractivity contribution in [2.24, 2.45) is 0 Å². The third-order valence-corrected chi connectivity index (χ3v) is 4.51. The van der Waals surface area contributed by atoms with E-state index >= 15 is 0 Å². The molecule has 1 heterocycles. The van der Waals surface area contributed by atoms with Gasteiger partial charge < -0.3 is 5.11 Å². The fourth-order valence-corrected chi connectivity index (χ4v) is 3.15. The van der Waals surface area contributed by atoms with Crippen LogP contribution < -0.4 is 4.90 Å². The van der Waals surface area contributed by atoms with Crippen molar-refractivity contribution >= 4 is 52.0 Å². The van der Waals surface area contributed by atoms with Crippen molar-refractivity contribution in [2.45, 2.75) is 0 Å². The Morgan fingerprint density at radius 1 is 1.16 bits per heavy atom. The number of carbonyl (C=O) groups is 2. The number of halogens is 1. The lowest BCUT2D eigenvalue weighted by Gasteiger charge is -2.12. The van der Waals surface area contributed by atoms with E-state index in [1.165, 1.54) is 18.2 Å². The second-order valence-corrected chi connectivity index (χ2v) is 6.42. The Kier molecular flexibility index (Phi) is 4.47. The van der Waals surface area contributed by atoms with Crippen LogP contribution in [0.3, 0.4) is 0 Å². The summed E-state index contributed by atoms with van der Waals surface area (Å²) in [4.78, 5) is 35.9. The standard InChI is InChI=1S/C16H9ClN2O5S/c17-10-1-3-11(4-2-10)18-15(21)14(25-16(18)22)8-9-7-12(19(23)24)5-6-13(9)20/h1-8,20H/b14-8+. The van der Waals surface area contributed by atoms with Gasteiger partial charge in [-0.15, -0.1) is 0 Å². The topological polar surface area (TPSA) is 101 Å². The first-order valence-electron chi connectivity index (χ1n) is 6.88. The summed E-state index contributed by atoms with van der Waals surface area (Å²) < 4.78 is 0. The molecule has 2 aromatic rings. The van der Waals surface area contributed by atoms with Gasteiger partial charge in [-0.25, -0.2) is 4.90 Å². The molecule has 1 aliphatic heterocycles. The predicted octanol–water partition coefficient (Wildman–Crippen LogP) is 4.19. The van der Waals surface area contributed by atoms with Crippen LogP contribution in [0.15, 0.2) is 47.4 Å². The number of rotatable bonds is 3. The summed E-state index contributed by atoms with van der Waals surface area (Å²) in [6.45, 7) is 0. The minimum atomic E-state index is -0.615. The number of non-ortho nitro benzene ring substituents is 1. The first-order chi connectivity index (χ1) is 11.9. The van der Waals surface area contributed by atoms with Crippen LogP contribution >= 0.6 is 23.4 Å². The number of hydrogen-bond donors (Lipinski definition) is 1. The number of nitro groups is 1. The number of anilines is 1. The Hall–Kier alpha value is -2.84. The quantitative estimate of drug-likeness (QED) is 0.489. The molecule has 126 valence electrons. The smallest absolute Gasteiger partial charge is 0.298 e. The molecule has 0 saturated carbocycles. The highest BCUT2D eigenvalue weighted by atomic mass is 35.5. The lowest BCUT2D eigenvalue weighted by Crippen LogP contribution is -2.27. The van der Waals surface area contributed by atoms with Crippen LogP contribution in [0.2, 0.25) is 5.02 Å². The first kappa shape index (κ1) is 17.0. The van der Waals surface area contributed by atoms with Crippen molar-refractivity contribution in [2.75, 3.05) is 4.90 Å². The highest BCUT2D eigenvalue weighted by molar-refractivity contribution is 8.19. The molecular weight excluding hydrogens is 368 g/mol. The summed E-state index contributed by atoms with van der Waals surface area (Å²) in [5.41, 5.74) is 0.204. The maximum atomic E-state index is 12.5. The van der Waals surface area contributed by atoms with Crippen molar-refractivity contribution in [1.82, 2.24) is 0 Å². The van der Waals surface area contributed by atoms with Crippen LogP contribution in [0, 0.1) is 10.1 Å². The largest absolute Gasteiger partial charge is 0.507 e. The normalized spacial score (nSPS) is 15.9. The third-order valence-electron chi connectivity index (χ3n) is 3.39. The van der Waals surface area contributed by atoms with Crippen LogP contribution in [-0.4, -0.2) is 21.2 Å². The van der Waals surface area contributed by atoms with Crippen molar-refractivity contribution in [1.29, 1.82) is 0 Å². The van der Waals surface area contributed by atoms with Gasteiger partial charge >= 0.3 is 0 Å². The number of benzene rings is 2. The zero-order valence-corrected chi connectivity index (χ0v) is 14.0. The molecule has 2 amide bonds. The van der Waals surface area contributed by atoms with Gasteiger partial charge in [0.25, 0.3) is 16.8 Å². The molecule has 9 heteroatoms. The van der Waals surface area contributed by atoms with E-state index in [4.69, 9.17) is 11.6 Å². The summed E-state index contributed by atoms with van der Waals surface area (Å²) in [5.74, 6) is -0.813. The number of amides is 2. The minimum absolute atomic E-state index is 0.0516. The first-order valence-corrected chi connectivity index (χ1v) is 8.07. The lowest BCUT2D eigenvalue weighted by atomic mass is 10.1. The molecule has 3 rings (SSSR count). The summed E-state index contributed by atoms with van der Waals surface area (Å²) in [7, 11) is 0. The molecule has 1 saturated heterocycles. The molecule has 0 radical (unpaired) electrons. The fraction of sp³-hybridized carbons (Fsp3) is 0. The van der Waals surface area contributed by atoms with Crippen LogP contribution in [0.25, 0.3) is 6.08 Å². The minimum Gasteiger partial charge on any atom is -0.507 e. The molecule has 0 aromatic heterocycles. The number of phenolic OH excluding ortho intramolecular Hbond substituents is 1. The molecule has 0 unspecified atom stereocenters. The second kappa shape index (κ2) is 6.58. The zero-order chi connectivity index (χ0) is 18.1. The number of carbonyl (C=O) groups excluding carboxylic acids is 2. The third kappa shape index (κ3) is 3.35. The van der Waals surface area contributed by atoms with Gasteiger partial charge in [-0.1, -0.05) is 11.6 Å². The molecule has 1 fully saturated rings. The molecule has 1 aliphatic rings. The SMILES string of the molecule is O=C1S/C(=C/c2cc([N+](=O)[O-])ccc2O)C(=O)N1c1ccc(Cl)cc1. The Morgan fingerprint density at radius 3 is 2.48 bits per heavy atom. The lowest BCUT2D eigenvalue weighted by molar-refractivity contribution is -0.384. The Bertz CT molecular complexity index is 927. The Morgan fingerprint density at radius 2 is 1.84 bits per heavy atom. The van der Waals surface area contributed by atoms with Gasteiger partial charge in [0.2, 0.25) is 0 Å². The van der Waals surface area contributed by atoms with E-state index in [9.17, 15) is 24.8 Å². The van der Waals surface area contributed by atoms with Crippen molar-refractivity contribution < 1.29 is 19.6 Å². The summed E-state index contributed by atoms with van der Waals surface area (Å²) >= 11 is 6.48. The molecule has 25 heavy (non-hydrogen) atoms. The average molecular weight is 377 g/mol. The van der Waals surface area contributed by atoms with Gasteiger partial charge in [-0.2, -0.15) is 0 Å². The van der Waals surface area contributed by atoms with E-state index in [2.05, 4.69) is 0 Å². The number of thioether (sulfide) groups is 1. The van der Waals surface area contributed by atoms with Crippen LogP contribution in [0.4, 0.5) is 16.2 Å². The van der Waals surface area contributed by atoms with E-state index in [0.717, 1.165) is 23.1 Å². The zero-order valence-electron chi connectivity index (χ0n) is 12.4. The highest BCUT2D eigenvalue weighted by Gasteiger charge is 2.36. The van der Waals surface area contributed by atoms with E-state index in [1.807, 2.05) is 0 Å². The molecule has 0 atom stereocenters. The second-order valence-electron chi connectivity index (χ2n) is 4.99. The number of imide groups is 1. The molecule has 0 aliphatic carbocycles. The van der Waals surface area contributed by atoms with Gasteiger partial charge in [0.1, 0.15) is 5.75 Å².